The molecular weight excluding hydrogens is 282 g/mol. The molecule has 0 saturated heterocycles. The van der Waals surface area contributed by atoms with Crippen LogP contribution < -0.4 is 5.32 Å². The number of nitrogens with zero attached hydrogens (tertiary/aromatic N) is 2. The van der Waals surface area contributed by atoms with Crippen molar-refractivity contribution in [2.24, 2.45) is 0 Å². The van der Waals surface area contributed by atoms with E-state index in [1.807, 2.05) is 11.6 Å². The number of rotatable bonds is 4. The van der Waals surface area contributed by atoms with Crippen molar-refractivity contribution in [2.75, 3.05) is 0 Å². The number of aromatic carboxylic acids is 1. The Labute approximate surface area is 130 Å². The smallest absolute Gasteiger partial charge is 0.356 e. The number of hydrogen-bond donors (Lipinski definition) is 3. The summed E-state index contributed by atoms with van der Waals surface area (Å²) in [7, 11) is 0. The van der Waals surface area contributed by atoms with Crippen LogP contribution in [0.4, 0.5) is 0 Å². The molecule has 122 valence electrons. The maximum absolute atomic E-state index is 11.4. The van der Waals surface area contributed by atoms with Gasteiger partial charge in [-0.25, -0.2) is 4.79 Å². The Morgan fingerprint density at radius 3 is 2.64 bits per heavy atom. The van der Waals surface area contributed by atoms with Crippen molar-refractivity contribution in [3.63, 3.8) is 0 Å². The van der Waals surface area contributed by atoms with E-state index in [1.54, 1.807) is 0 Å². The normalized spacial score (nSPS) is 28.4. The Kier molecular flexibility index (Phi) is 4.49. The minimum absolute atomic E-state index is 0.141. The molecule has 6 heteroatoms. The van der Waals surface area contributed by atoms with Gasteiger partial charge in [-0.1, -0.05) is 0 Å². The molecule has 1 saturated carbocycles. The van der Waals surface area contributed by atoms with Crippen LogP contribution >= 0.6 is 0 Å². The fourth-order valence-corrected chi connectivity index (χ4v) is 3.84. The molecule has 0 aromatic carbocycles. The quantitative estimate of drug-likeness (QED) is 0.781. The monoisotopic (exact) mass is 307 g/mol. The van der Waals surface area contributed by atoms with Crippen molar-refractivity contribution in [2.45, 2.75) is 76.6 Å². The lowest BCUT2D eigenvalue weighted by molar-refractivity contribution is 0.0688. The van der Waals surface area contributed by atoms with E-state index in [0.29, 0.717) is 18.6 Å². The molecule has 0 unspecified atom stereocenters. The van der Waals surface area contributed by atoms with Crippen LogP contribution in [0, 0.1) is 0 Å². The van der Waals surface area contributed by atoms with Gasteiger partial charge in [0.05, 0.1) is 6.10 Å². The predicted molar refractivity (Wildman–Crippen MR) is 82.1 cm³/mol. The lowest BCUT2D eigenvalue weighted by Gasteiger charge is -2.32. The van der Waals surface area contributed by atoms with Gasteiger partial charge in [0.1, 0.15) is 0 Å². The van der Waals surface area contributed by atoms with E-state index in [0.717, 1.165) is 56.2 Å². The van der Waals surface area contributed by atoms with E-state index in [4.69, 9.17) is 0 Å². The van der Waals surface area contributed by atoms with Crippen LogP contribution in [-0.4, -0.2) is 44.2 Å². The Morgan fingerprint density at radius 1 is 1.27 bits per heavy atom. The Morgan fingerprint density at radius 2 is 2.00 bits per heavy atom. The predicted octanol–water partition coefficient (Wildman–Crippen LogP) is 1.35. The van der Waals surface area contributed by atoms with E-state index >= 15 is 0 Å². The lowest BCUT2D eigenvalue weighted by atomic mass is 9.88. The fourth-order valence-electron chi connectivity index (χ4n) is 3.84. The summed E-state index contributed by atoms with van der Waals surface area (Å²) in [5.74, 6) is -0.926. The molecule has 22 heavy (non-hydrogen) atoms. The molecular formula is C16H25N3O3. The molecule has 3 N–H and O–H groups in total. The van der Waals surface area contributed by atoms with Crippen LogP contribution in [0.2, 0.25) is 0 Å². The topological polar surface area (TPSA) is 87.4 Å². The van der Waals surface area contributed by atoms with E-state index < -0.39 is 5.97 Å². The highest BCUT2D eigenvalue weighted by molar-refractivity contribution is 5.87. The van der Waals surface area contributed by atoms with Crippen molar-refractivity contribution in [3.8, 4) is 0 Å². The molecule has 1 atom stereocenters. The Hall–Kier alpha value is -1.40. The third kappa shape index (κ3) is 3.03. The first kappa shape index (κ1) is 15.5. The molecule has 1 fully saturated rings. The van der Waals surface area contributed by atoms with Crippen LogP contribution in [0.25, 0.3) is 0 Å². The van der Waals surface area contributed by atoms with Crippen molar-refractivity contribution in [1.82, 2.24) is 15.1 Å². The number of fused-ring (bicyclic) bond motifs is 1. The second-order valence-electron chi connectivity index (χ2n) is 6.51. The van der Waals surface area contributed by atoms with E-state index in [1.165, 1.54) is 0 Å². The number of hydrogen-bond acceptors (Lipinski definition) is 4. The van der Waals surface area contributed by atoms with Gasteiger partial charge in [0.2, 0.25) is 0 Å². The Balaban J connectivity index is 1.70. The zero-order chi connectivity index (χ0) is 15.7. The van der Waals surface area contributed by atoms with Gasteiger partial charge in [-0.15, -0.1) is 0 Å². The summed E-state index contributed by atoms with van der Waals surface area (Å²) >= 11 is 0. The molecule has 1 aromatic rings. The summed E-state index contributed by atoms with van der Waals surface area (Å²) in [6.45, 7) is 2.71. The number of aryl methyl sites for hydroxylation is 1. The summed E-state index contributed by atoms with van der Waals surface area (Å²) < 4.78 is 1.84. The van der Waals surface area contributed by atoms with Gasteiger partial charge >= 0.3 is 5.97 Å². The third-order valence-electron chi connectivity index (χ3n) is 5.02. The number of aliphatic hydroxyl groups is 1. The second kappa shape index (κ2) is 6.38. The van der Waals surface area contributed by atoms with Crippen LogP contribution in [0.15, 0.2) is 0 Å². The minimum Gasteiger partial charge on any atom is -0.476 e. The van der Waals surface area contributed by atoms with E-state index in [-0.39, 0.29) is 11.8 Å². The standard InChI is InChI=1S/C16H25N3O3/c1-2-19-14-8-5-11(9-13(14)15(18-19)16(21)22)17-10-3-6-12(20)7-4-10/h10-12,17,20H,2-9H2,1H3,(H,21,22)/t10?,11-,12?/m0/s1. The molecule has 0 bridgehead atoms. The van der Waals surface area contributed by atoms with Gasteiger partial charge in [0, 0.05) is 29.9 Å². The van der Waals surface area contributed by atoms with Crippen molar-refractivity contribution in [3.05, 3.63) is 17.0 Å². The van der Waals surface area contributed by atoms with Crippen molar-refractivity contribution < 1.29 is 15.0 Å². The SMILES string of the molecule is CCn1nc(C(=O)O)c2c1CC[C@H](NC1CCC(O)CC1)C2. The molecule has 0 aliphatic heterocycles. The first-order chi connectivity index (χ1) is 10.6. The highest BCUT2D eigenvalue weighted by Crippen LogP contribution is 2.27. The summed E-state index contributed by atoms with van der Waals surface area (Å²) in [6.07, 6.45) is 6.25. The van der Waals surface area contributed by atoms with Crippen LogP contribution in [0.3, 0.4) is 0 Å². The average Bonchev–Trinajstić information content (AvgIpc) is 2.88. The summed E-state index contributed by atoms with van der Waals surface area (Å²) in [6, 6.07) is 0.768. The maximum Gasteiger partial charge on any atom is 0.356 e. The number of aliphatic hydroxyl groups excluding tert-OH is 1. The van der Waals surface area contributed by atoms with Crippen molar-refractivity contribution >= 4 is 5.97 Å². The van der Waals surface area contributed by atoms with Gasteiger partial charge < -0.3 is 15.5 Å². The molecule has 1 aromatic heterocycles. The van der Waals surface area contributed by atoms with Crippen LogP contribution in [0.5, 0.6) is 0 Å². The average molecular weight is 307 g/mol. The zero-order valence-electron chi connectivity index (χ0n) is 13.1. The number of aromatic nitrogens is 2. The van der Waals surface area contributed by atoms with Gasteiger partial charge in [0.25, 0.3) is 0 Å². The highest BCUT2D eigenvalue weighted by atomic mass is 16.4. The highest BCUT2D eigenvalue weighted by Gasteiger charge is 2.30. The molecule has 2 aliphatic carbocycles. The van der Waals surface area contributed by atoms with E-state index in [9.17, 15) is 15.0 Å². The number of nitrogens with one attached hydrogen (secondary N) is 1. The van der Waals surface area contributed by atoms with Gasteiger partial charge in [-0.3, -0.25) is 4.68 Å². The minimum atomic E-state index is -0.926. The molecule has 3 rings (SSSR count). The molecule has 0 radical (unpaired) electrons. The molecule has 0 amide bonds. The summed E-state index contributed by atoms with van der Waals surface area (Å²) in [5.41, 5.74) is 2.23. The summed E-state index contributed by atoms with van der Waals surface area (Å²) in [5, 5.41) is 26.9. The zero-order valence-corrected chi connectivity index (χ0v) is 13.1. The molecule has 1 heterocycles. The molecule has 6 nitrogen and oxygen atoms in total. The molecule has 0 spiro atoms. The van der Waals surface area contributed by atoms with Gasteiger partial charge in [0.15, 0.2) is 5.69 Å². The van der Waals surface area contributed by atoms with Crippen LogP contribution in [-0.2, 0) is 19.4 Å². The van der Waals surface area contributed by atoms with Gasteiger partial charge in [-0.2, -0.15) is 5.10 Å². The largest absolute Gasteiger partial charge is 0.476 e. The maximum atomic E-state index is 11.4. The Bertz CT molecular complexity index is 547. The number of carbonyl (C=O) groups is 1. The third-order valence-corrected chi connectivity index (χ3v) is 5.02. The number of carboxylic acid groups (broad SMARTS) is 1. The molecule has 2 aliphatic rings. The van der Waals surface area contributed by atoms with Crippen molar-refractivity contribution in [1.29, 1.82) is 0 Å². The first-order valence-corrected chi connectivity index (χ1v) is 8.34. The van der Waals surface area contributed by atoms with Crippen LogP contribution in [0.1, 0.15) is 60.8 Å². The summed E-state index contributed by atoms with van der Waals surface area (Å²) in [4.78, 5) is 11.4. The second-order valence-corrected chi connectivity index (χ2v) is 6.51. The lowest BCUT2D eigenvalue weighted by Crippen LogP contribution is -2.44. The van der Waals surface area contributed by atoms with E-state index in [2.05, 4.69) is 10.4 Å². The first-order valence-electron chi connectivity index (χ1n) is 8.34. The number of carboxylic acids is 1. The van der Waals surface area contributed by atoms with Gasteiger partial charge in [-0.05, 0) is 51.9 Å². The fraction of sp³-hybridized carbons (Fsp3) is 0.750.